The van der Waals surface area contributed by atoms with Crippen molar-refractivity contribution in [3.63, 3.8) is 0 Å². The molecule has 3 atom stereocenters. The topological polar surface area (TPSA) is 43.6 Å². The first-order valence-corrected chi connectivity index (χ1v) is 18.2. The van der Waals surface area contributed by atoms with E-state index in [9.17, 15) is 0 Å². The maximum Gasteiger partial charge on any atom is 0.238 e. The number of aromatic nitrogens is 4. The highest BCUT2D eigenvalue weighted by Crippen LogP contribution is 2.62. The zero-order chi connectivity index (χ0) is 33.5. The lowest BCUT2D eigenvalue weighted by Crippen LogP contribution is -2.25. The quantitative estimate of drug-likeness (QED) is 0.188. The second kappa shape index (κ2) is 11.0. The summed E-state index contributed by atoms with van der Waals surface area (Å²) >= 11 is 2.01. The Bertz CT molecular complexity index is 2600. The lowest BCUT2D eigenvalue weighted by molar-refractivity contribution is 0.551. The van der Waals surface area contributed by atoms with Gasteiger partial charge in [0.15, 0.2) is 5.82 Å². The van der Waals surface area contributed by atoms with Crippen LogP contribution in [0, 0.1) is 0 Å². The number of nitrogens with zero attached hydrogens (tertiary/aromatic N) is 4. The number of para-hydroxylation sites is 1. The average Bonchev–Trinajstić information content (AvgIpc) is 3.67. The first kappa shape index (κ1) is 29.4. The molecule has 3 heterocycles. The molecule has 0 spiro atoms. The van der Waals surface area contributed by atoms with Crippen LogP contribution >= 0.6 is 11.8 Å². The Morgan fingerprint density at radius 3 is 2.40 bits per heavy atom. The van der Waals surface area contributed by atoms with E-state index in [4.69, 9.17) is 15.0 Å². The maximum absolute atomic E-state index is 5.28. The van der Waals surface area contributed by atoms with Gasteiger partial charge < -0.3 is 0 Å². The van der Waals surface area contributed by atoms with Crippen LogP contribution < -0.4 is 0 Å². The highest BCUT2D eigenvalue weighted by Gasteiger charge is 2.46. The van der Waals surface area contributed by atoms with E-state index in [-0.39, 0.29) is 10.8 Å². The van der Waals surface area contributed by atoms with Gasteiger partial charge in [-0.1, -0.05) is 147 Å². The van der Waals surface area contributed by atoms with E-state index >= 15 is 0 Å². The monoisotopic (exact) mass is 662 g/mol. The van der Waals surface area contributed by atoms with Crippen LogP contribution in [0.4, 0.5) is 0 Å². The Kier molecular flexibility index (Phi) is 6.46. The van der Waals surface area contributed by atoms with Crippen LogP contribution in [0.25, 0.3) is 56.3 Å². The molecule has 10 rings (SSSR count). The van der Waals surface area contributed by atoms with Gasteiger partial charge in [-0.3, -0.25) is 4.57 Å². The SMILES string of the molecule is CC1(c2nc(-c3ccccc3)nc(-n3c4ccccc4c4ccc(-c5cccc6c5SC5c7ccccc7C=CC65C)cc43)n2)C=CC=CC1. The van der Waals surface area contributed by atoms with E-state index in [0.29, 0.717) is 17.0 Å². The normalized spacial score (nSPS) is 21.8. The molecular formula is C45H34N4S. The van der Waals surface area contributed by atoms with Gasteiger partial charge in [-0.05, 0) is 53.3 Å². The molecular weight excluding hydrogens is 629 g/mol. The largest absolute Gasteiger partial charge is 0.278 e. The van der Waals surface area contributed by atoms with Gasteiger partial charge >= 0.3 is 0 Å². The number of thioether (sulfide) groups is 1. The lowest BCUT2D eigenvalue weighted by atomic mass is 9.72. The molecule has 2 aromatic heterocycles. The first-order valence-electron chi connectivity index (χ1n) is 17.3. The summed E-state index contributed by atoms with van der Waals surface area (Å²) < 4.78 is 2.24. The Hall–Kier alpha value is -5.52. The summed E-state index contributed by atoms with van der Waals surface area (Å²) in [5.41, 5.74) is 9.30. The molecule has 5 aromatic carbocycles. The fourth-order valence-electron chi connectivity index (χ4n) is 8.11. The Balaban J connectivity index is 1.19. The third kappa shape index (κ3) is 4.36. The zero-order valence-corrected chi connectivity index (χ0v) is 28.7. The van der Waals surface area contributed by atoms with Crippen molar-refractivity contribution in [1.29, 1.82) is 0 Å². The number of hydrogen-bond donors (Lipinski definition) is 0. The van der Waals surface area contributed by atoms with Crippen molar-refractivity contribution in [3.8, 4) is 28.5 Å². The van der Waals surface area contributed by atoms with Gasteiger partial charge in [-0.15, -0.1) is 11.8 Å². The van der Waals surface area contributed by atoms with E-state index < -0.39 is 0 Å². The minimum atomic E-state index is -0.346. The average molecular weight is 663 g/mol. The van der Waals surface area contributed by atoms with Gasteiger partial charge in [-0.2, -0.15) is 9.97 Å². The Morgan fingerprint density at radius 1 is 0.700 bits per heavy atom. The standard InChI is InChI=1S/C45H34N4S/c1-44(25-11-4-12-26-44)42-46-41(30-15-5-3-6-16-30)47-43(48-42)49-37-21-10-9-18-34(37)35-23-22-31(28-38(35)49)32-19-13-20-36-39(32)50-40-33-17-8-7-14-29(33)24-27-45(36,40)2/h3-25,27-28,40H,26H2,1-2H3. The van der Waals surface area contributed by atoms with Crippen molar-refractivity contribution in [1.82, 2.24) is 19.5 Å². The summed E-state index contributed by atoms with van der Waals surface area (Å²) in [6.45, 7) is 4.61. The minimum Gasteiger partial charge on any atom is -0.278 e. The Labute approximate surface area is 296 Å². The fourth-order valence-corrected chi connectivity index (χ4v) is 9.86. The third-order valence-corrected chi connectivity index (χ3v) is 12.5. The molecule has 0 amide bonds. The van der Waals surface area contributed by atoms with Crippen LogP contribution in [0.1, 0.15) is 48.0 Å². The molecule has 1 aliphatic heterocycles. The van der Waals surface area contributed by atoms with Crippen LogP contribution in [0.2, 0.25) is 0 Å². The zero-order valence-electron chi connectivity index (χ0n) is 27.9. The Morgan fingerprint density at radius 2 is 1.52 bits per heavy atom. The summed E-state index contributed by atoms with van der Waals surface area (Å²) in [5.74, 6) is 2.08. The smallest absolute Gasteiger partial charge is 0.238 e. The number of rotatable bonds is 4. The van der Waals surface area contributed by atoms with Crippen LogP contribution in [-0.2, 0) is 10.8 Å². The lowest BCUT2D eigenvalue weighted by Gasteiger charge is -2.33. The van der Waals surface area contributed by atoms with Crippen LogP contribution in [-0.4, -0.2) is 19.5 Å². The van der Waals surface area contributed by atoms with Gasteiger partial charge in [-0.25, -0.2) is 4.98 Å². The molecule has 0 fully saturated rings. The van der Waals surface area contributed by atoms with Crippen molar-refractivity contribution >= 4 is 39.6 Å². The number of benzene rings is 5. The van der Waals surface area contributed by atoms with Crippen LogP contribution in [0.15, 0.2) is 151 Å². The van der Waals surface area contributed by atoms with Crippen molar-refractivity contribution in [2.75, 3.05) is 0 Å². The van der Waals surface area contributed by atoms with E-state index in [1.54, 1.807) is 0 Å². The number of allylic oxidation sites excluding steroid dienone is 5. The maximum atomic E-state index is 5.28. The molecule has 240 valence electrons. The first-order chi connectivity index (χ1) is 24.5. The molecule has 3 unspecified atom stereocenters. The van der Waals surface area contributed by atoms with E-state index in [2.05, 4.69) is 152 Å². The van der Waals surface area contributed by atoms with E-state index in [0.717, 1.165) is 28.8 Å². The van der Waals surface area contributed by atoms with Crippen LogP contribution in [0.3, 0.4) is 0 Å². The van der Waals surface area contributed by atoms with Crippen molar-refractivity contribution in [2.24, 2.45) is 0 Å². The van der Waals surface area contributed by atoms with Gasteiger partial charge in [0, 0.05) is 37.3 Å². The van der Waals surface area contributed by atoms with Crippen molar-refractivity contribution < 1.29 is 0 Å². The highest BCUT2D eigenvalue weighted by atomic mass is 32.2. The molecule has 7 aromatic rings. The number of fused-ring (bicyclic) bond motifs is 8. The molecule has 2 aliphatic carbocycles. The van der Waals surface area contributed by atoms with E-state index in [1.165, 1.54) is 43.5 Å². The predicted molar refractivity (Wildman–Crippen MR) is 207 cm³/mol. The molecule has 5 heteroatoms. The van der Waals surface area contributed by atoms with E-state index in [1.807, 2.05) is 30.0 Å². The summed E-state index contributed by atoms with van der Waals surface area (Å²) in [5, 5.41) is 2.69. The van der Waals surface area contributed by atoms with Crippen molar-refractivity contribution in [2.45, 2.75) is 41.2 Å². The molecule has 0 N–H and O–H groups in total. The molecule has 50 heavy (non-hydrogen) atoms. The molecule has 0 bridgehead atoms. The summed E-state index contributed by atoms with van der Waals surface area (Å²) in [6, 6.07) is 41.5. The van der Waals surface area contributed by atoms with Crippen LogP contribution in [0.5, 0.6) is 0 Å². The second-order valence-electron chi connectivity index (χ2n) is 14.1. The summed E-state index contributed by atoms with van der Waals surface area (Å²) in [6.07, 6.45) is 14.2. The van der Waals surface area contributed by atoms with Gasteiger partial charge in [0.1, 0.15) is 5.82 Å². The van der Waals surface area contributed by atoms with Gasteiger partial charge in [0.05, 0.1) is 11.0 Å². The third-order valence-electron chi connectivity index (χ3n) is 10.9. The fraction of sp³-hybridized carbons (Fsp3) is 0.133. The van der Waals surface area contributed by atoms with Gasteiger partial charge in [0.25, 0.3) is 0 Å². The van der Waals surface area contributed by atoms with Crippen molar-refractivity contribution in [3.05, 3.63) is 168 Å². The molecule has 4 nitrogen and oxygen atoms in total. The minimum absolute atomic E-state index is 0.0721. The van der Waals surface area contributed by atoms with Gasteiger partial charge in [0.2, 0.25) is 5.95 Å². The predicted octanol–water partition coefficient (Wildman–Crippen LogP) is 11.2. The molecule has 0 radical (unpaired) electrons. The summed E-state index contributed by atoms with van der Waals surface area (Å²) in [7, 11) is 0. The molecule has 0 saturated heterocycles. The highest BCUT2D eigenvalue weighted by molar-refractivity contribution is 8.00. The summed E-state index contributed by atoms with van der Waals surface area (Å²) in [4.78, 5) is 16.9. The molecule has 3 aliphatic rings. The molecule has 0 saturated carbocycles. The second-order valence-corrected chi connectivity index (χ2v) is 15.2. The number of hydrogen-bond acceptors (Lipinski definition) is 4.